The van der Waals surface area contributed by atoms with Crippen LogP contribution in [0.15, 0.2) is 12.1 Å². The van der Waals surface area contributed by atoms with Gasteiger partial charge in [0.05, 0.1) is 5.38 Å². The molecule has 1 heterocycles. The Morgan fingerprint density at radius 1 is 1.29 bits per heavy atom. The molecule has 90 valence electrons. The van der Waals surface area contributed by atoms with Gasteiger partial charge in [-0.3, -0.25) is 0 Å². The van der Waals surface area contributed by atoms with E-state index in [1.807, 2.05) is 0 Å². The maximum absolute atomic E-state index is 13.5. The zero-order chi connectivity index (χ0) is 12.6. The summed E-state index contributed by atoms with van der Waals surface area (Å²) < 4.78 is 40.4. The van der Waals surface area contributed by atoms with Crippen molar-refractivity contribution in [3.63, 3.8) is 0 Å². The van der Waals surface area contributed by atoms with Crippen molar-refractivity contribution in [1.29, 1.82) is 0 Å². The number of nitrogens with zero attached hydrogens (tertiary/aromatic N) is 4. The summed E-state index contributed by atoms with van der Waals surface area (Å²) >= 11 is 5.76. The topological polar surface area (TPSA) is 43.6 Å². The van der Waals surface area contributed by atoms with Crippen LogP contribution in [0.4, 0.5) is 13.2 Å². The highest BCUT2D eigenvalue weighted by Gasteiger charge is 2.19. The van der Waals surface area contributed by atoms with Crippen LogP contribution in [0.25, 0.3) is 5.69 Å². The van der Waals surface area contributed by atoms with Crippen molar-refractivity contribution in [3.8, 4) is 5.69 Å². The van der Waals surface area contributed by atoms with Crippen LogP contribution in [0.3, 0.4) is 0 Å². The molecule has 0 bridgehead atoms. The first-order valence-electron chi connectivity index (χ1n) is 4.58. The Kier molecular flexibility index (Phi) is 3.01. The molecule has 1 unspecified atom stereocenters. The zero-order valence-electron chi connectivity index (χ0n) is 8.53. The van der Waals surface area contributed by atoms with Crippen LogP contribution in [0, 0.1) is 17.5 Å². The summed E-state index contributed by atoms with van der Waals surface area (Å²) in [5.74, 6) is -3.39. The molecule has 8 heteroatoms. The van der Waals surface area contributed by atoms with Gasteiger partial charge in [-0.1, -0.05) is 0 Å². The van der Waals surface area contributed by atoms with Gasteiger partial charge in [-0.25, -0.2) is 13.2 Å². The van der Waals surface area contributed by atoms with Gasteiger partial charge in [-0.15, -0.1) is 16.7 Å². The molecule has 1 aromatic carbocycles. The Morgan fingerprint density at radius 3 is 2.65 bits per heavy atom. The normalized spacial score (nSPS) is 12.8. The monoisotopic (exact) mass is 262 g/mol. The summed E-state index contributed by atoms with van der Waals surface area (Å²) in [6.45, 7) is 1.55. The second-order valence-corrected chi connectivity index (χ2v) is 3.94. The summed E-state index contributed by atoms with van der Waals surface area (Å²) in [6, 6.07) is 1.23. The van der Waals surface area contributed by atoms with Crippen molar-refractivity contribution in [3.05, 3.63) is 35.4 Å². The van der Waals surface area contributed by atoms with Gasteiger partial charge in [0.25, 0.3) is 0 Å². The number of alkyl halides is 1. The van der Waals surface area contributed by atoms with Crippen molar-refractivity contribution < 1.29 is 13.2 Å². The highest BCUT2D eigenvalue weighted by Crippen LogP contribution is 2.22. The molecule has 0 aliphatic carbocycles. The second kappa shape index (κ2) is 4.33. The average molecular weight is 263 g/mol. The number of halogens is 4. The quantitative estimate of drug-likeness (QED) is 0.616. The Morgan fingerprint density at radius 2 is 2.00 bits per heavy atom. The van der Waals surface area contributed by atoms with Gasteiger partial charge in [0, 0.05) is 12.1 Å². The number of aromatic nitrogens is 4. The summed E-state index contributed by atoms with van der Waals surface area (Å²) in [7, 11) is 0. The van der Waals surface area contributed by atoms with E-state index in [4.69, 9.17) is 11.6 Å². The minimum Gasteiger partial charge on any atom is -0.207 e. The zero-order valence-corrected chi connectivity index (χ0v) is 9.29. The maximum atomic E-state index is 13.5. The molecule has 4 nitrogen and oxygen atoms in total. The summed E-state index contributed by atoms with van der Waals surface area (Å²) in [5.41, 5.74) is -0.421. The van der Waals surface area contributed by atoms with Crippen LogP contribution in [0.1, 0.15) is 18.1 Å². The van der Waals surface area contributed by atoms with Crippen molar-refractivity contribution >= 4 is 11.6 Å². The van der Waals surface area contributed by atoms with Gasteiger partial charge in [-0.2, -0.15) is 4.68 Å². The first kappa shape index (κ1) is 11.8. The van der Waals surface area contributed by atoms with E-state index < -0.39 is 28.5 Å². The summed E-state index contributed by atoms with van der Waals surface area (Å²) in [5, 5.41) is 9.66. The third kappa shape index (κ3) is 2.10. The Labute approximate surface area is 99.0 Å². The molecule has 0 saturated heterocycles. The lowest BCUT2D eigenvalue weighted by Crippen LogP contribution is -2.08. The molecule has 0 N–H and O–H groups in total. The van der Waals surface area contributed by atoms with E-state index in [9.17, 15) is 13.2 Å². The molecule has 0 aliphatic rings. The van der Waals surface area contributed by atoms with E-state index in [1.165, 1.54) is 0 Å². The van der Waals surface area contributed by atoms with Crippen LogP contribution in [0.5, 0.6) is 0 Å². The molecule has 0 aliphatic heterocycles. The number of hydrogen-bond donors (Lipinski definition) is 0. The average Bonchev–Trinajstić information content (AvgIpc) is 2.72. The summed E-state index contributed by atoms with van der Waals surface area (Å²) in [6.07, 6.45) is 0. The van der Waals surface area contributed by atoms with Crippen LogP contribution < -0.4 is 0 Å². The van der Waals surface area contributed by atoms with E-state index in [0.717, 1.165) is 10.7 Å². The van der Waals surface area contributed by atoms with Gasteiger partial charge in [0.2, 0.25) is 0 Å². The largest absolute Gasteiger partial charge is 0.207 e. The van der Waals surface area contributed by atoms with Crippen LogP contribution in [-0.4, -0.2) is 20.2 Å². The Hall–Kier alpha value is -1.63. The lowest BCUT2D eigenvalue weighted by Gasteiger charge is -2.07. The molecule has 2 aromatic rings. The number of benzene rings is 1. The minimum atomic E-state index is -1.32. The highest BCUT2D eigenvalue weighted by molar-refractivity contribution is 6.20. The smallest absolute Gasteiger partial charge is 0.184 e. The Bertz CT molecular complexity index is 555. The number of rotatable bonds is 2. The molecular weight excluding hydrogens is 257 g/mol. The molecule has 0 saturated carbocycles. The SMILES string of the molecule is CC(Cl)c1nnnn1-c1cc(F)cc(F)c1F. The van der Waals surface area contributed by atoms with Gasteiger partial charge in [0.15, 0.2) is 17.5 Å². The third-order valence-corrected chi connectivity index (χ3v) is 2.25. The van der Waals surface area contributed by atoms with E-state index in [-0.39, 0.29) is 5.82 Å². The molecule has 1 aromatic heterocycles. The molecular formula is C9H6ClF3N4. The fourth-order valence-corrected chi connectivity index (χ4v) is 1.45. The maximum Gasteiger partial charge on any atom is 0.184 e. The lowest BCUT2D eigenvalue weighted by atomic mass is 10.2. The standard InChI is InChI=1S/C9H6ClF3N4/c1-4(10)9-14-15-16-17(9)7-3-5(11)2-6(12)8(7)13/h2-4H,1H3. The van der Waals surface area contributed by atoms with E-state index in [0.29, 0.717) is 6.07 Å². The van der Waals surface area contributed by atoms with Gasteiger partial charge in [0.1, 0.15) is 11.5 Å². The third-order valence-electron chi connectivity index (χ3n) is 2.05. The molecule has 17 heavy (non-hydrogen) atoms. The fraction of sp³-hybridized carbons (Fsp3) is 0.222. The number of tetrazole rings is 1. The van der Waals surface area contributed by atoms with Crippen molar-refractivity contribution in [2.45, 2.75) is 12.3 Å². The highest BCUT2D eigenvalue weighted by atomic mass is 35.5. The Balaban J connectivity index is 2.64. The first-order valence-corrected chi connectivity index (χ1v) is 5.01. The van der Waals surface area contributed by atoms with Crippen molar-refractivity contribution in [2.24, 2.45) is 0 Å². The van der Waals surface area contributed by atoms with Crippen molar-refractivity contribution in [2.75, 3.05) is 0 Å². The number of hydrogen-bond acceptors (Lipinski definition) is 3. The predicted molar refractivity (Wildman–Crippen MR) is 53.3 cm³/mol. The molecule has 0 amide bonds. The van der Waals surface area contributed by atoms with Gasteiger partial charge >= 0.3 is 0 Å². The minimum absolute atomic E-state index is 0.0931. The molecule has 0 fully saturated rings. The van der Waals surface area contributed by atoms with Crippen LogP contribution in [-0.2, 0) is 0 Å². The molecule has 1 atom stereocenters. The fourth-order valence-electron chi connectivity index (χ4n) is 1.31. The molecule has 0 spiro atoms. The second-order valence-electron chi connectivity index (χ2n) is 3.29. The molecule has 2 rings (SSSR count). The van der Waals surface area contributed by atoms with E-state index >= 15 is 0 Å². The predicted octanol–water partition coefficient (Wildman–Crippen LogP) is 2.38. The van der Waals surface area contributed by atoms with Crippen molar-refractivity contribution in [1.82, 2.24) is 20.2 Å². The lowest BCUT2D eigenvalue weighted by molar-refractivity contribution is 0.485. The van der Waals surface area contributed by atoms with Crippen LogP contribution >= 0.6 is 11.6 Å². The van der Waals surface area contributed by atoms with Crippen LogP contribution in [0.2, 0.25) is 0 Å². The van der Waals surface area contributed by atoms with E-state index in [1.54, 1.807) is 6.92 Å². The summed E-state index contributed by atoms with van der Waals surface area (Å²) in [4.78, 5) is 0. The molecule has 0 radical (unpaired) electrons. The van der Waals surface area contributed by atoms with Gasteiger partial charge < -0.3 is 0 Å². The first-order chi connectivity index (χ1) is 8.00. The van der Waals surface area contributed by atoms with E-state index in [2.05, 4.69) is 15.5 Å². The van der Waals surface area contributed by atoms with Gasteiger partial charge in [-0.05, 0) is 17.4 Å².